The summed E-state index contributed by atoms with van der Waals surface area (Å²) in [4.78, 5) is 3.71. The number of aromatic nitrogens is 2. The lowest BCUT2D eigenvalue weighted by Gasteiger charge is -2.21. The third kappa shape index (κ3) is 5.20. The van der Waals surface area contributed by atoms with Crippen molar-refractivity contribution in [1.29, 1.82) is 0 Å². The van der Waals surface area contributed by atoms with E-state index in [0.717, 1.165) is 71.9 Å². The third-order valence-corrected chi connectivity index (χ3v) is 9.79. The van der Waals surface area contributed by atoms with Gasteiger partial charge in [0.1, 0.15) is 0 Å². The van der Waals surface area contributed by atoms with Crippen LogP contribution < -0.4 is 0 Å². The lowest BCUT2D eigenvalue weighted by molar-refractivity contribution is -0.142. The highest BCUT2D eigenvalue weighted by Crippen LogP contribution is 2.47. The second-order valence-electron chi connectivity index (χ2n) is 13.5. The van der Waals surface area contributed by atoms with Crippen LogP contribution in [0, 0.1) is 34.3 Å². The van der Waals surface area contributed by atoms with E-state index >= 15 is 0 Å². The molecule has 8 aromatic rings. The molecule has 0 aliphatic rings. The molecule has 0 atom stereocenters. The smallest absolute Gasteiger partial charge is 0.308 e. The average Bonchev–Trinajstić information content (AvgIpc) is 3.57. The normalized spacial score (nSPS) is 12.4. The number of alkyl halides is 6. The van der Waals surface area contributed by atoms with Gasteiger partial charge in [-0.05, 0) is 112 Å². The Bertz CT molecular complexity index is 2710. The first-order chi connectivity index (χ1) is 24.6. The zero-order valence-corrected chi connectivity index (χ0v) is 28.4. The Balaban J connectivity index is 1.58. The largest absolute Gasteiger partial charge is 0.416 e. The summed E-state index contributed by atoms with van der Waals surface area (Å²) >= 11 is 0. The Hall–Kier alpha value is -6.01. The second kappa shape index (κ2) is 11.5. The number of halogens is 6. The Morgan fingerprint density at radius 3 is 1.23 bits per heavy atom. The Morgan fingerprint density at radius 2 is 0.865 bits per heavy atom. The van der Waals surface area contributed by atoms with Gasteiger partial charge >= 0.3 is 12.4 Å². The van der Waals surface area contributed by atoms with E-state index in [0.29, 0.717) is 17.4 Å². The predicted molar refractivity (Wildman–Crippen MR) is 196 cm³/mol. The number of nitrogens with zero attached hydrogens (tertiary/aromatic N) is 3. The number of hydrogen-bond acceptors (Lipinski definition) is 0. The first-order valence-electron chi connectivity index (χ1n) is 16.5. The van der Waals surface area contributed by atoms with Crippen molar-refractivity contribution in [2.45, 2.75) is 40.0 Å². The van der Waals surface area contributed by atoms with Crippen molar-refractivity contribution >= 4 is 49.3 Å². The number of rotatable bonds is 3. The van der Waals surface area contributed by atoms with Crippen molar-refractivity contribution in [3.05, 3.63) is 148 Å². The van der Waals surface area contributed by atoms with Crippen molar-refractivity contribution in [2.24, 2.45) is 0 Å². The van der Waals surface area contributed by atoms with Crippen LogP contribution in [0.4, 0.5) is 32.0 Å². The van der Waals surface area contributed by atoms with E-state index in [1.807, 2.05) is 85.4 Å². The molecule has 9 heteroatoms. The summed E-state index contributed by atoms with van der Waals surface area (Å²) in [6.45, 7) is 16.2. The second-order valence-corrected chi connectivity index (χ2v) is 13.5. The highest BCUT2D eigenvalue weighted by atomic mass is 19.4. The molecule has 0 N–H and O–H groups in total. The molecular weight excluding hydrogens is 672 g/mol. The Morgan fingerprint density at radius 1 is 0.462 bits per heavy atom. The van der Waals surface area contributed by atoms with Gasteiger partial charge in [0.05, 0.1) is 51.1 Å². The van der Waals surface area contributed by atoms with Crippen LogP contribution in [0.5, 0.6) is 0 Å². The SMILES string of the molecule is [C-]#[N+]c1cc(-n2c3ccc(C)cc3c3cc(C)ccc32)c(-n2c3ccc(C)cc3c3cc(C)ccc32)cc1-c1ccc(C(F)(F)F)cc1C(F)(F)F. The van der Waals surface area contributed by atoms with Crippen LogP contribution in [0.15, 0.2) is 103 Å². The van der Waals surface area contributed by atoms with Crippen LogP contribution in [-0.2, 0) is 12.4 Å². The number of fused-ring (bicyclic) bond motifs is 6. The maximum absolute atomic E-state index is 14.7. The first-order valence-corrected chi connectivity index (χ1v) is 16.5. The summed E-state index contributed by atoms with van der Waals surface area (Å²) in [6.07, 6.45) is -10.1. The summed E-state index contributed by atoms with van der Waals surface area (Å²) in [5, 5.41) is 3.79. The third-order valence-electron chi connectivity index (χ3n) is 9.79. The molecule has 0 radical (unpaired) electrons. The van der Waals surface area contributed by atoms with Gasteiger partial charge in [-0.25, -0.2) is 4.85 Å². The van der Waals surface area contributed by atoms with E-state index in [1.165, 1.54) is 6.07 Å². The van der Waals surface area contributed by atoms with E-state index in [-0.39, 0.29) is 17.3 Å². The van der Waals surface area contributed by atoms with Crippen LogP contribution >= 0.6 is 0 Å². The summed E-state index contributed by atoms with van der Waals surface area (Å²) in [6, 6.07) is 28.8. The van der Waals surface area contributed by atoms with Crippen LogP contribution in [-0.4, -0.2) is 9.13 Å². The molecule has 0 spiro atoms. The van der Waals surface area contributed by atoms with Gasteiger partial charge in [-0.3, -0.25) is 0 Å². The predicted octanol–water partition coefficient (Wildman–Crippen LogP) is 13.4. The lowest BCUT2D eigenvalue weighted by atomic mass is 9.94. The van der Waals surface area contributed by atoms with E-state index in [2.05, 4.69) is 29.1 Å². The van der Waals surface area contributed by atoms with Gasteiger partial charge in [-0.15, -0.1) is 0 Å². The topological polar surface area (TPSA) is 14.2 Å². The summed E-state index contributed by atoms with van der Waals surface area (Å²) < 4.78 is 89.2. The van der Waals surface area contributed by atoms with Gasteiger partial charge in [0.2, 0.25) is 0 Å². The quantitative estimate of drug-likeness (QED) is 0.129. The fraction of sp³-hybridized carbons (Fsp3) is 0.140. The minimum Gasteiger partial charge on any atom is -0.308 e. The first kappa shape index (κ1) is 33.2. The maximum Gasteiger partial charge on any atom is 0.416 e. The molecule has 0 aliphatic heterocycles. The molecule has 2 aromatic heterocycles. The molecule has 0 aliphatic carbocycles. The van der Waals surface area contributed by atoms with Gasteiger partial charge < -0.3 is 9.13 Å². The van der Waals surface area contributed by atoms with Gasteiger partial charge in [0.25, 0.3) is 0 Å². The van der Waals surface area contributed by atoms with E-state index < -0.39 is 29.0 Å². The molecule has 6 aromatic carbocycles. The van der Waals surface area contributed by atoms with Crippen molar-refractivity contribution < 1.29 is 26.3 Å². The molecular formula is C43H29F6N3. The molecule has 0 bridgehead atoms. The lowest BCUT2D eigenvalue weighted by Crippen LogP contribution is -2.12. The molecule has 8 rings (SSSR count). The monoisotopic (exact) mass is 701 g/mol. The summed E-state index contributed by atoms with van der Waals surface area (Å²) in [5.74, 6) is 0. The van der Waals surface area contributed by atoms with Crippen LogP contribution in [0.2, 0.25) is 0 Å². The fourth-order valence-corrected chi connectivity index (χ4v) is 7.44. The molecule has 0 saturated carbocycles. The minimum absolute atomic E-state index is 0.125. The fourth-order valence-electron chi connectivity index (χ4n) is 7.44. The summed E-state index contributed by atoms with van der Waals surface area (Å²) in [5.41, 5.74) is 4.67. The van der Waals surface area contributed by atoms with E-state index in [9.17, 15) is 26.3 Å². The van der Waals surface area contributed by atoms with Crippen LogP contribution in [0.1, 0.15) is 33.4 Å². The molecule has 52 heavy (non-hydrogen) atoms. The van der Waals surface area contributed by atoms with Gasteiger partial charge in [-0.1, -0.05) is 52.6 Å². The molecule has 0 fully saturated rings. The molecule has 0 unspecified atom stereocenters. The molecule has 0 amide bonds. The van der Waals surface area contributed by atoms with Gasteiger partial charge in [0, 0.05) is 21.5 Å². The molecule has 0 saturated heterocycles. The Labute approximate surface area is 294 Å². The van der Waals surface area contributed by atoms with E-state index in [4.69, 9.17) is 6.57 Å². The maximum atomic E-state index is 14.7. The van der Waals surface area contributed by atoms with Gasteiger partial charge in [-0.2, -0.15) is 26.3 Å². The van der Waals surface area contributed by atoms with E-state index in [1.54, 1.807) is 6.07 Å². The average molecular weight is 702 g/mol. The number of aryl methyl sites for hydroxylation is 4. The Kier molecular flexibility index (Phi) is 7.33. The van der Waals surface area contributed by atoms with Crippen LogP contribution in [0.3, 0.4) is 0 Å². The molecule has 258 valence electrons. The highest BCUT2D eigenvalue weighted by molar-refractivity contribution is 6.12. The zero-order valence-electron chi connectivity index (χ0n) is 28.4. The summed E-state index contributed by atoms with van der Waals surface area (Å²) in [7, 11) is 0. The molecule has 2 heterocycles. The van der Waals surface area contributed by atoms with Crippen molar-refractivity contribution in [3.8, 4) is 22.5 Å². The molecule has 3 nitrogen and oxygen atoms in total. The zero-order chi connectivity index (χ0) is 36.9. The number of benzene rings is 6. The van der Waals surface area contributed by atoms with Crippen molar-refractivity contribution in [2.75, 3.05) is 0 Å². The van der Waals surface area contributed by atoms with Gasteiger partial charge in [0.15, 0.2) is 5.69 Å². The number of hydrogen-bond donors (Lipinski definition) is 0. The highest BCUT2D eigenvalue weighted by Gasteiger charge is 2.39. The standard InChI is InChI=1S/C43H29F6N3/c1-23-6-12-36-30(16-23)31-17-24(2)7-13-37(31)51(36)40-21-29(28-11-10-27(42(44,45)46)20-34(28)43(47,48)49)35(50-5)22-41(40)52-38-14-8-25(3)18-32(38)33-19-26(4)9-15-39(33)52/h6-22H,1-4H3. The van der Waals surface area contributed by atoms with Crippen molar-refractivity contribution in [3.63, 3.8) is 0 Å². The van der Waals surface area contributed by atoms with Crippen LogP contribution in [0.25, 0.3) is 71.0 Å². The van der Waals surface area contributed by atoms with Crippen molar-refractivity contribution in [1.82, 2.24) is 9.13 Å². The minimum atomic E-state index is -5.14.